The van der Waals surface area contributed by atoms with Crippen LogP contribution >= 0.6 is 11.5 Å². The summed E-state index contributed by atoms with van der Waals surface area (Å²) in [6.45, 7) is 2.21. The van der Waals surface area contributed by atoms with Crippen LogP contribution in [0.25, 0.3) is 0 Å². The molecule has 2 aromatic rings. The quantitative estimate of drug-likeness (QED) is 0.788. The zero-order valence-corrected chi connectivity index (χ0v) is 12.8. The molecule has 22 heavy (non-hydrogen) atoms. The van der Waals surface area contributed by atoms with Crippen molar-refractivity contribution in [3.8, 4) is 5.75 Å². The van der Waals surface area contributed by atoms with Gasteiger partial charge >= 0.3 is 5.97 Å². The number of esters is 1. The van der Waals surface area contributed by atoms with Gasteiger partial charge in [-0.2, -0.15) is 4.37 Å². The number of hydrogen-bond donors (Lipinski definition) is 0. The lowest BCUT2D eigenvalue weighted by Crippen LogP contribution is -2.05. The van der Waals surface area contributed by atoms with Crippen LogP contribution in [0.2, 0.25) is 0 Å². The highest BCUT2D eigenvalue weighted by atomic mass is 32.1. The summed E-state index contributed by atoms with van der Waals surface area (Å²) in [6, 6.07) is 5.43. The van der Waals surface area contributed by atoms with Crippen LogP contribution in [-0.2, 0) is 17.8 Å². The Morgan fingerprint density at radius 3 is 3.05 bits per heavy atom. The van der Waals surface area contributed by atoms with Crippen LogP contribution in [0.3, 0.4) is 0 Å². The Bertz CT molecular complexity index is 726. The lowest BCUT2D eigenvalue weighted by molar-refractivity contribution is 0.0525. The fourth-order valence-electron chi connectivity index (χ4n) is 2.26. The molecule has 1 heterocycles. The van der Waals surface area contributed by atoms with Crippen LogP contribution in [0.1, 0.15) is 44.9 Å². The number of aromatic nitrogens is 2. The zero-order valence-electron chi connectivity index (χ0n) is 12.0. The monoisotopic (exact) mass is 318 g/mol. The molecule has 1 aliphatic carbocycles. The predicted molar refractivity (Wildman–Crippen MR) is 79.3 cm³/mol. The van der Waals surface area contributed by atoms with Crippen LogP contribution in [-0.4, -0.2) is 27.7 Å². The molecule has 1 aromatic heterocycles. The first-order valence-corrected chi connectivity index (χ1v) is 7.73. The van der Waals surface area contributed by atoms with Crippen LogP contribution in [0.5, 0.6) is 5.75 Å². The standard InChI is InChI=1S/C15H14N2O4S/c1-2-20-15(19)14-16-13(17-22-14)8-21-10-4-5-11-9(7-10)3-6-12(11)18/h4-5,7H,2-3,6,8H2,1H3. The number of ketones is 1. The van der Waals surface area contributed by atoms with Crippen molar-refractivity contribution in [2.45, 2.75) is 26.4 Å². The second-order valence-corrected chi connectivity index (χ2v) is 5.52. The molecule has 0 radical (unpaired) electrons. The SMILES string of the molecule is CCOC(=O)c1nc(COc2ccc3c(c2)CCC3=O)ns1. The summed E-state index contributed by atoms with van der Waals surface area (Å²) in [5, 5.41) is 0.222. The summed E-state index contributed by atoms with van der Waals surface area (Å²) < 4.78 is 14.6. The van der Waals surface area contributed by atoms with Gasteiger partial charge < -0.3 is 9.47 Å². The van der Waals surface area contributed by atoms with E-state index in [4.69, 9.17) is 9.47 Å². The van der Waals surface area contributed by atoms with Crippen LogP contribution in [0, 0.1) is 0 Å². The van der Waals surface area contributed by atoms with E-state index in [0.29, 0.717) is 24.6 Å². The maximum atomic E-state index is 11.6. The summed E-state index contributed by atoms with van der Waals surface area (Å²) in [5.41, 5.74) is 1.80. The number of hydrogen-bond acceptors (Lipinski definition) is 7. The normalized spacial score (nSPS) is 13.0. The third kappa shape index (κ3) is 2.99. The van der Waals surface area contributed by atoms with Gasteiger partial charge in [0, 0.05) is 12.0 Å². The molecule has 0 saturated heterocycles. The number of ether oxygens (including phenoxy) is 2. The number of Topliss-reactive ketones (excluding diaryl/α,β-unsaturated/α-hetero) is 1. The molecule has 0 spiro atoms. The molecular formula is C15H14N2O4S. The second-order valence-electron chi connectivity index (χ2n) is 4.77. The van der Waals surface area contributed by atoms with Crippen LogP contribution in [0.4, 0.5) is 0 Å². The average molecular weight is 318 g/mol. The van der Waals surface area contributed by atoms with Crippen molar-refractivity contribution in [2.75, 3.05) is 6.61 Å². The first-order valence-electron chi connectivity index (χ1n) is 6.96. The van der Waals surface area contributed by atoms with E-state index < -0.39 is 5.97 Å². The summed E-state index contributed by atoms with van der Waals surface area (Å²) in [5.74, 6) is 0.814. The number of carbonyl (C=O) groups is 2. The molecule has 1 aromatic carbocycles. The number of benzene rings is 1. The molecule has 0 fully saturated rings. The molecule has 0 aliphatic heterocycles. The lowest BCUT2D eigenvalue weighted by Gasteiger charge is -2.05. The van der Waals surface area contributed by atoms with E-state index in [0.717, 1.165) is 29.1 Å². The fraction of sp³-hybridized carbons (Fsp3) is 0.333. The smallest absolute Gasteiger partial charge is 0.369 e. The fourth-order valence-corrected chi connectivity index (χ4v) is 2.82. The summed E-state index contributed by atoms with van der Waals surface area (Å²) in [7, 11) is 0. The molecule has 0 N–H and O–H groups in total. The van der Waals surface area contributed by atoms with Crippen molar-refractivity contribution >= 4 is 23.3 Å². The minimum Gasteiger partial charge on any atom is -0.486 e. The van der Waals surface area contributed by atoms with Crippen LogP contribution in [0.15, 0.2) is 18.2 Å². The topological polar surface area (TPSA) is 78.4 Å². The lowest BCUT2D eigenvalue weighted by atomic mass is 10.1. The Labute approximate surface area is 131 Å². The minimum atomic E-state index is -0.470. The van der Waals surface area contributed by atoms with Gasteiger partial charge in [-0.1, -0.05) is 0 Å². The van der Waals surface area contributed by atoms with Gasteiger partial charge in [-0.25, -0.2) is 9.78 Å². The molecule has 7 heteroatoms. The maximum absolute atomic E-state index is 11.6. The van der Waals surface area contributed by atoms with Gasteiger partial charge in [-0.3, -0.25) is 4.79 Å². The van der Waals surface area contributed by atoms with E-state index in [1.807, 2.05) is 6.07 Å². The molecule has 0 amide bonds. The Morgan fingerprint density at radius 2 is 2.23 bits per heavy atom. The van der Waals surface area contributed by atoms with E-state index in [-0.39, 0.29) is 17.4 Å². The van der Waals surface area contributed by atoms with E-state index in [2.05, 4.69) is 9.36 Å². The summed E-state index contributed by atoms with van der Waals surface area (Å²) in [6.07, 6.45) is 1.32. The van der Waals surface area contributed by atoms with Crippen LogP contribution < -0.4 is 4.74 Å². The molecule has 0 bridgehead atoms. The van der Waals surface area contributed by atoms with Gasteiger partial charge in [0.05, 0.1) is 6.61 Å². The Morgan fingerprint density at radius 1 is 1.36 bits per heavy atom. The average Bonchev–Trinajstić information content (AvgIpc) is 3.13. The third-order valence-corrected chi connectivity index (χ3v) is 4.02. The molecule has 1 aliphatic rings. The highest BCUT2D eigenvalue weighted by molar-refractivity contribution is 7.07. The van der Waals surface area contributed by atoms with E-state index >= 15 is 0 Å². The van der Waals surface area contributed by atoms with Gasteiger partial charge in [0.15, 0.2) is 11.6 Å². The Balaban J connectivity index is 1.63. The molecular weight excluding hydrogens is 304 g/mol. The van der Waals surface area contributed by atoms with Crippen molar-refractivity contribution < 1.29 is 19.1 Å². The van der Waals surface area contributed by atoms with E-state index in [1.165, 1.54) is 0 Å². The minimum absolute atomic E-state index is 0.169. The highest BCUT2D eigenvalue weighted by Gasteiger charge is 2.19. The third-order valence-electron chi connectivity index (χ3n) is 3.28. The van der Waals surface area contributed by atoms with Gasteiger partial charge in [-0.05, 0) is 48.6 Å². The van der Waals surface area contributed by atoms with Gasteiger partial charge in [0.1, 0.15) is 12.4 Å². The van der Waals surface area contributed by atoms with E-state index in [1.54, 1.807) is 19.1 Å². The molecule has 0 unspecified atom stereocenters. The molecule has 6 nitrogen and oxygen atoms in total. The summed E-state index contributed by atoms with van der Waals surface area (Å²) in [4.78, 5) is 27.2. The van der Waals surface area contributed by atoms with Crippen molar-refractivity contribution in [2.24, 2.45) is 0 Å². The van der Waals surface area contributed by atoms with Crippen molar-refractivity contribution in [1.82, 2.24) is 9.36 Å². The Hall–Kier alpha value is -2.28. The number of rotatable bonds is 5. The highest BCUT2D eigenvalue weighted by Crippen LogP contribution is 2.26. The second kappa shape index (κ2) is 6.23. The zero-order chi connectivity index (χ0) is 15.5. The van der Waals surface area contributed by atoms with Crippen molar-refractivity contribution in [3.63, 3.8) is 0 Å². The van der Waals surface area contributed by atoms with Gasteiger partial charge in [0.25, 0.3) is 0 Å². The number of nitrogens with zero attached hydrogens (tertiary/aromatic N) is 2. The number of carbonyl (C=O) groups excluding carboxylic acids is 2. The molecule has 114 valence electrons. The number of fused-ring (bicyclic) bond motifs is 1. The van der Waals surface area contributed by atoms with Gasteiger partial charge in [0.2, 0.25) is 5.01 Å². The first-order chi connectivity index (χ1) is 10.7. The summed E-state index contributed by atoms with van der Waals surface area (Å²) >= 11 is 0.993. The predicted octanol–water partition coefficient (Wildman–Crippen LogP) is 2.42. The molecule has 0 atom stereocenters. The molecule has 3 rings (SSSR count). The largest absolute Gasteiger partial charge is 0.486 e. The van der Waals surface area contributed by atoms with Crippen molar-refractivity contribution in [3.05, 3.63) is 40.2 Å². The Kier molecular flexibility index (Phi) is 4.15. The number of aryl methyl sites for hydroxylation is 1. The molecule has 0 saturated carbocycles. The van der Waals surface area contributed by atoms with Crippen molar-refractivity contribution in [1.29, 1.82) is 0 Å². The first kappa shape index (κ1) is 14.6. The van der Waals surface area contributed by atoms with E-state index in [9.17, 15) is 9.59 Å². The van der Waals surface area contributed by atoms with Gasteiger partial charge in [-0.15, -0.1) is 0 Å². The maximum Gasteiger partial charge on any atom is 0.369 e.